The number of alkyl halides is 2. The highest BCUT2D eigenvalue weighted by Gasteiger charge is 2.30. The van der Waals surface area contributed by atoms with Crippen LogP contribution in [-0.4, -0.2) is 51.6 Å². The van der Waals surface area contributed by atoms with Gasteiger partial charge < -0.3 is 20.7 Å². The Morgan fingerprint density at radius 2 is 2.00 bits per heavy atom. The third-order valence-corrected chi connectivity index (χ3v) is 5.09. The summed E-state index contributed by atoms with van der Waals surface area (Å²) in [6.45, 7) is 0.157. The van der Waals surface area contributed by atoms with Crippen molar-refractivity contribution in [3.05, 3.63) is 30.2 Å². The van der Waals surface area contributed by atoms with Gasteiger partial charge in [0.05, 0.1) is 24.6 Å². The van der Waals surface area contributed by atoms with E-state index in [-0.39, 0.29) is 34.8 Å². The topological polar surface area (TPSA) is 123 Å². The summed E-state index contributed by atoms with van der Waals surface area (Å²) in [5.41, 5.74) is 0.821. The van der Waals surface area contributed by atoms with Crippen LogP contribution in [0.1, 0.15) is 30.1 Å². The third-order valence-electron chi connectivity index (χ3n) is 5.09. The highest BCUT2D eigenvalue weighted by molar-refractivity contribution is 6.02. The van der Waals surface area contributed by atoms with Gasteiger partial charge in [-0.15, -0.1) is 0 Å². The number of ether oxygens (including phenoxy) is 1. The molecule has 0 saturated heterocycles. The zero-order chi connectivity index (χ0) is 23.8. The molecule has 3 aromatic rings. The van der Waals surface area contributed by atoms with E-state index in [0.29, 0.717) is 16.6 Å². The molecule has 1 aliphatic carbocycles. The summed E-state index contributed by atoms with van der Waals surface area (Å²) in [5.74, 6) is -2.95. The zero-order valence-corrected chi connectivity index (χ0v) is 18.3. The maximum atomic E-state index is 13.7. The minimum atomic E-state index is -2.99. The summed E-state index contributed by atoms with van der Waals surface area (Å²) < 4.78 is 34.0. The van der Waals surface area contributed by atoms with Gasteiger partial charge in [0.1, 0.15) is 17.9 Å². The van der Waals surface area contributed by atoms with Crippen molar-refractivity contribution in [2.24, 2.45) is 5.92 Å². The molecule has 3 N–H and O–H groups in total. The first-order valence-corrected chi connectivity index (χ1v) is 10.3. The maximum absolute atomic E-state index is 13.7. The number of aromatic nitrogens is 4. The molecule has 3 aromatic heterocycles. The number of rotatable bonds is 8. The largest absolute Gasteiger partial charge is 0.491 e. The molecule has 2 amide bonds. The standard InChI is InChI=1S/C21H23F2N7O3/c1-21(22,23)10-30-16-12(8-27-30)7-26-18(17(16)33-3)28-14-6-15(29-19(31)11-4-5-11)25-9-13(14)20(32)24-2/h6-9,11H,4-5,10H2,1-3H3,(H,24,32)(H2,25,26,28,29,31). The molecule has 1 saturated carbocycles. The second kappa shape index (κ2) is 8.60. The number of carbonyl (C=O) groups is 2. The summed E-state index contributed by atoms with van der Waals surface area (Å²) in [5, 5.41) is 12.8. The smallest absolute Gasteiger partial charge is 0.264 e. The molecule has 0 atom stereocenters. The van der Waals surface area contributed by atoms with E-state index in [1.165, 1.54) is 38.8 Å². The van der Waals surface area contributed by atoms with Gasteiger partial charge in [-0.1, -0.05) is 0 Å². The summed E-state index contributed by atoms with van der Waals surface area (Å²) in [6.07, 6.45) is 5.89. The van der Waals surface area contributed by atoms with Crippen LogP contribution >= 0.6 is 0 Å². The van der Waals surface area contributed by atoms with Gasteiger partial charge in [-0.3, -0.25) is 14.3 Å². The Bertz CT molecular complexity index is 1220. The number of fused-ring (bicyclic) bond motifs is 1. The average Bonchev–Trinajstić information content (AvgIpc) is 3.55. The van der Waals surface area contributed by atoms with Crippen molar-refractivity contribution < 1.29 is 23.1 Å². The monoisotopic (exact) mass is 459 g/mol. The van der Waals surface area contributed by atoms with Crippen molar-refractivity contribution in [2.45, 2.75) is 32.2 Å². The van der Waals surface area contributed by atoms with E-state index < -0.39 is 18.4 Å². The fourth-order valence-electron chi connectivity index (χ4n) is 3.36. The van der Waals surface area contributed by atoms with E-state index in [2.05, 4.69) is 31.0 Å². The minimum absolute atomic E-state index is 0.0250. The SMILES string of the molecule is CNC(=O)c1cnc(NC(=O)C2CC2)cc1Nc1ncc2cnn(CC(C)(F)F)c2c1OC. The number of methoxy groups -OCH3 is 1. The van der Waals surface area contributed by atoms with E-state index in [1.807, 2.05) is 0 Å². The zero-order valence-electron chi connectivity index (χ0n) is 18.3. The normalized spacial score (nSPS) is 13.6. The van der Waals surface area contributed by atoms with Gasteiger partial charge in [-0.25, -0.2) is 18.7 Å². The highest BCUT2D eigenvalue weighted by atomic mass is 19.3. The third kappa shape index (κ3) is 4.83. The minimum Gasteiger partial charge on any atom is -0.491 e. The van der Waals surface area contributed by atoms with Crippen LogP contribution in [0.4, 0.5) is 26.1 Å². The Balaban J connectivity index is 1.75. The molecule has 0 aliphatic heterocycles. The van der Waals surface area contributed by atoms with Gasteiger partial charge in [-0.05, 0) is 12.8 Å². The highest BCUT2D eigenvalue weighted by Crippen LogP contribution is 2.36. The van der Waals surface area contributed by atoms with Crippen molar-refractivity contribution in [3.63, 3.8) is 0 Å². The fraction of sp³-hybridized carbons (Fsp3) is 0.381. The van der Waals surface area contributed by atoms with Crippen LogP contribution in [0.15, 0.2) is 24.7 Å². The van der Waals surface area contributed by atoms with Gasteiger partial charge in [0.2, 0.25) is 5.91 Å². The summed E-state index contributed by atoms with van der Waals surface area (Å²) in [4.78, 5) is 33.0. The molecule has 1 fully saturated rings. The van der Waals surface area contributed by atoms with Crippen LogP contribution in [0.5, 0.6) is 5.75 Å². The van der Waals surface area contributed by atoms with E-state index in [0.717, 1.165) is 24.4 Å². The summed E-state index contributed by atoms with van der Waals surface area (Å²) in [6, 6.07) is 1.51. The van der Waals surface area contributed by atoms with Gasteiger partial charge >= 0.3 is 0 Å². The first-order chi connectivity index (χ1) is 15.7. The molecule has 0 spiro atoms. The van der Waals surface area contributed by atoms with Gasteiger partial charge in [0, 0.05) is 43.7 Å². The number of nitrogens with one attached hydrogen (secondary N) is 3. The van der Waals surface area contributed by atoms with Crippen LogP contribution in [0.2, 0.25) is 0 Å². The molecular formula is C21H23F2N7O3. The molecular weight excluding hydrogens is 436 g/mol. The predicted octanol–water partition coefficient (Wildman–Crippen LogP) is 2.94. The van der Waals surface area contributed by atoms with Crippen molar-refractivity contribution in [1.82, 2.24) is 25.1 Å². The van der Waals surface area contributed by atoms with E-state index in [9.17, 15) is 18.4 Å². The second-order valence-corrected chi connectivity index (χ2v) is 7.90. The number of amides is 2. The molecule has 0 aromatic carbocycles. The first-order valence-electron chi connectivity index (χ1n) is 10.3. The predicted molar refractivity (Wildman–Crippen MR) is 117 cm³/mol. The Kier molecular flexibility index (Phi) is 5.83. The lowest BCUT2D eigenvalue weighted by Crippen LogP contribution is -2.21. The number of hydrogen-bond acceptors (Lipinski definition) is 7. The molecule has 12 heteroatoms. The number of pyridine rings is 2. The van der Waals surface area contributed by atoms with E-state index >= 15 is 0 Å². The Morgan fingerprint density at radius 3 is 2.64 bits per heavy atom. The number of nitrogens with zero attached hydrogens (tertiary/aromatic N) is 4. The molecule has 0 radical (unpaired) electrons. The lowest BCUT2D eigenvalue weighted by Gasteiger charge is -2.16. The fourth-order valence-corrected chi connectivity index (χ4v) is 3.36. The Hall–Kier alpha value is -3.83. The number of halogens is 2. The molecule has 10 nitrogen and oxygen atoms in total. The molecule has 4 rings (SSSR count). The number of anilines is 3. The lowest BCUT2D eigenvalue weighted by atomic mass is 10.2. The molecule has 1 aliphatic rings. The number of hydrogen-bond donors (Lipinski definition) is 3. The molecule has 174 valence electrons. The van der Waals surface area contributed by atoms with Crippen LogP contribution < -0.4 is 20.7 Å². The molecule has 3 heterocycles. The van der Waals surface area contributed by atoms with Crippen molar-refractivity contribution >= 4 is 40.0 Å². The molecule has 0 bridgehead atoms. The van der Waals surface area contributed by atoms with Gasteiger partial charge in [-0.2, -0.15) is 5.10 Å². The van der Waals surface area contributed by atoms with Crippen LogP contribution in [0, 0.1) is 5.92 Å². The lowest BCUT2D eigenvalue weighted by molar-refractivity contribution is -0.117. The second-order valence-electron chi connectivity index (χ2n) is 7.90. The summed E-state index contributed by atoms with van der Waals surface area (Å²) in [7, 11) is 2.86. The Labute approximate surface area is 187 Å². The van der Waals surface area contributed by atoms with Crippen LogP contribution in [0.25, 0.3) is 10.9 Å². The van der Waals surface area contributed by atoms with E-state index in [4.69, 9.17) is 4.74 Å². The van der Waals surface area contributed by atoms with Crippen molar-refractivity contribution in [1.29, 1.82) is 0 Å². The Morgan fingerprint density at radius 1 is 1.24 bits per heavy atom. The quantitative estimate of drug-likeness (QED) is 0.473. The van der Waals surface area contributed by atoms with E-state index in [1.54, 1.807) is 0 Å². The molecule has 0 unspecified atom stereocenters. The van der Waals surface area contributed by atoms with Crippen LogP contribution in [-0.2, 0) is 11.3 Å². The average molecular weight is 459 g/mol. The maximum Gasteiger partial charge on any atom is 0.264 e. The summed E-state index contributed by atoms with van der Waals surface area (Å²) >= 11 is 0. The van der Waals surface area contributed by atoms with Gasteiger partial charge in [0.25, 0.3) is 11.8 Å². The van der Waals surface area contributed by atoms with Gasteiger partial charge in [0.15, 0.2) is 11.6 Å². The van der Waals surface area contributed by atoms with Crippen LogP contribution in [0.3, 0.4) is 0 Å². The first kappa shape index (κ1) is 22.4. The van der Waals surface area contributed by atoms with Crippen molar-refractivity contribution in [2.75, 3.05) is 24.8 Å². The van der Waals surface area contributed by atoms with Crippen molar-refractivity contribution in [3.8, 4) is 5.75 Å². The molecule has 33 heavy (non-hydrogen) atoms. The number of carbonyl (C=O) groups excluding carboxylic acids is 2.